The number of sulfonamides is 1. The molecule has 3 nitrogen and oxygen atoms in total. The van der Waals surface area contributed by atoms with Gasteiger partial charge in [0.2, 0.25) is 10.0 Å². The summed E-state index contributed by atoms with van der Waals surface area (Å²) in [6.45, 7) is 3.82. The number of nitrogens with one attached hydrogen (secondary N) is 1. The highest BCUT2D eigenvalue weighted by atomic mass is 35.5. The molecule has 0 fully saturated rings. The Balaban J connectivity index is 2.67. The molecule has 0 aliphatic heterocycles. The zero-order valence-electron chi connectivity index (χ0n) is 8.66. The van der Waals surface area contributed by atoms with E-state index in [0.29, 0.717) is 0 Å². The minimum Gasteiger partial charge on any atom is -0.212 e. The molecule has 86 valence electrons. The number of hydrogen-bond acceptors (Lipinski definition) is 3. The van der Waals surface area contributed by atoms with Gasteiger partial charge in [0.15, 0.2) is 0 Å². The van der Waals surface area contributed by atoms with E-state index in [4.69, 9.17) is 11.6 Å². The Morgan fingerprint density at radius 3 is 2.67 bits per heavy atom. The summed E-state index contributed by atoms with van der Waals surface area (Å²) < 4.78 is 25.4. The summed E-state index contributed by atoms with van der Waals surface area (Å²) in [5, 5.41) is 0. The Labute approximate surface area is 99.5 Å². The highest BCUT2D eigenvalue weighted by molar-refractivity contribution is 7.89. The van der Waals surface area contributed by atoms with Gasteiger partial charge in [0, 0.05) is 15.6 Å². The Hall–Kier alpha value is -0.100. The van der Waals surface area contributed by atoms with Gasteiger partial charge >= 0.3 is 0 Å². The van der Waals surface area contributed by atoms with E-state index < -0.39 is 10.0 Å². The number of halogens is 1. The minimum absolute atomic E-state index is 0.0384. The minimum atomic E-state index is -3.25. The van der Waals surface area contributed by atoms with E-state index >= 15 is 0 Å². The smallest absolute Gasteiger partial charge is 0.212 e. The van der Waals surface area contributed by atoms with Crippen LogP contribution in [0.4, 0.5) is 0 Å². The molecule has 6 heteroatoms. The van der Waals surface area contributed by atoms with Crippen molar-refractivity contribution in [2.75, 3.05) is 11.6 Å². The fourth-order valence-corrected chi connectivity index (χ4v) is 3.72. The highest BCUT2D eigenvalue weighted by Crippen LogP contribution is 2.22. The van der Waals surface area contributed by atoms with Gasteiger partial charge in [-0.15, -0.1) is 22.9 Å². The number of alkyl halides is 1. The Morgan fingerprint density at radius 2 is 2.20 bits per heavy atom. The standard InChI is InChI=1S/C9H14ClNO2S2/c1-7-3-4-9(14-7)8(2)11-15(12,13)6-5-10/h3-4,8,11H,5-6H2,1-2H3. The molecular formula is C9H14ClNO2S2. The molecule has 0 bridgehead atoms. The van der Waals surface area contributed by atoms with Crippen LogP contribution in [0.2, 0.25) is 0 Å². The summed E-state index contributed by atoms with van der Waals surface area (Å²) in [7, 11) is -3.25. The van der Waals surface area contributed by atoms with E-state index in [9.17, 15) is 8.42 Å². The summed E-state index contributed by atoms with van der Waals surface area (Å²) in [5.74, 6) is 0.0781. The van der Waals surface area contributed by atoms with Crippen LogP contribution in [0.1, 0.15) is 22.7 Å². The first-order valence-electron chi connectivity index (χ1n) is 4.57. The summed E-state index contributed by atoms with van der Waals surface area (Å²) in [6.07, 6.45) is 0. The van der Waals surface area contributed by atoms with Crippen molar-refractivity contribution in [1.82, 2.24) is 4.72 Å². The third kappa shape index (κ3) is 4.10. The molecule has 1 unspecified atom stereocenters. The van der Waals surface area contributed by atoms with Crippen LogP contribution in [-0.2, 0) is 10.0 Å². The SMILES string of the molecule is Cc1ccc(C(C)NS(=O)(=O)CCCl)s1. The van der Waals surface area contributed by atoms with Crippen LogP contribution in [0.15, 0.2) is 12.1 Å². The average Bonchev–Trinajstić information content (AvgIpc) is 2.50. The van der Waals surface area contributed by atoms with Crippen molar-refractivity contribution in [3.05, 3.63) is 21.9 Å². The number of rotatable bonds is 5. The second kappa shape index (κ2) is 5.30. The first-order chi connectivity index (χ1) is 6.94. The Morgan fingerprint density at radius 1 is 1.53 bits per heavy atom. The Bertz CT molecular complexity index is 414. The van der Waals surface area contributed by atoms with Crippen molar-refractivity contribution in [2.24, 2.45) is 0 Å². The van der Waals surface area contributed by atoms with Crippen molar-refractivity contribution in [2.45, 2.75) is 19.9 Å². The van der Waals surface area contributed by atoms with Gasteiger partial charge in [-0.3, -0.25) is 0 Å². The van der Waals surface area contributed by atoms with Gasteiger partial charge in [-0.25, -0.2) is 13.1 Å². The summed E-state index contributed by atoms with van der Waals surface area (Å²) >= 11 is 7.00. The van der Waals surface area contributed by atoms with Gasteiger partial charge in [0.25, 0.3) is 0 Å². The molecule has 15 heavy (non-hydrogen) atoms. The predicted molar refractivity (Wildman–Crippen MR) is 65.1 cm³/mol. The van der Waals surface area contributed by atoms with Gasteiger partial charge in [-0.2, -0.15) is 0 Å². The fourth-order valence-electron chi connectivity index (χ4n) is 1.17. The van der Waals surface area contributed by atoms with E-state index in [0.717, 1.165) is 4.88 Å². The molecule has 0 amide bonds. The third-order valence-electron chi connectivity index (χ3n) is 1.89. The second-order valence-corrected chi connectivity index (χ2v) is 6.87. The zero-order chi connectivity index (χ0) is 11.5. The van der Waals surface area contributed by atoms with Crippen LogP contribution in [0.25, 0.3) is 0 Å². The molecule has 1 aromatic heterocycles. The van der Waals surface area contributed by atoms with Gasteiger partial charge in [0.1, 0.15) is 0 Å². The zero-order valence-corrected chi connectivity index (χ0v) is 11.0. The lowest BCUT2D eigenvalue weighted by atomic mass is 10.3. The first-order valence-corrected chi connectivity index (χ1v) is 7.57. The van der Waals surface area contributed by atoms with Gasteiger partial charge in [-0.05, 0) is 26.0 Å². The van der Waals surface area contributed by atoms with Crippen LogP contribution in [0.3, 0.4) is 0 Å². The summed E-state index contributed by atoms with van der Waals surface area (Å²) in [6, 6.07) is 3.73. The monoisotopic (exact) mass is 267 g/mol. The van der Waals surface area contributed by atoms with Crippen LogP contribution < -0.4 is 4.72 Å². The topological polar surface area (TPSA) is 46.2 Å². The molecule has 1 aromatic rings. The second-order valence-electron chi connectivity index (χ2n) is 3.30. The average molecular weight is 268 g/mol. The number of thiophene rings is 1. The molecule has 1 N–H and O–H groups in total. The van der Waals surface area contributed by atoms with E-state index in [1.54, 1.807) is 11.3 Å². The van der Waals surface area contributed by atoms with Crippen molar-refractivity contribution in [3.63, 3.8) is 0 Å². The molecule has 0 saturated heterocycles. The van der Waals surface area contributed by atoms with Crippen molar-refractivity contribution < 1.29 is 8.42 Å². The van der Waals surface area contributed by atoms with Crippen LogP contribution in [0.5, 0.6) is 0 Å². The molecule has 1 rings (SSSR count). The lowest BCUT2D eigenvalue weighted by Gasteiger charge is -2.11. The summed E-state index contributed by atoms with van der Waals surface area (Å²) in [4.78, 5) is 2.19. The highest BCUT2D eigenvalue weighted by Gasteiger charge is 2.15. The lowest BCUT2D eigenvalue weighted by Crippen LogP contribution is -2.29. The molecule has 0 saturated carbocycles. The van der Waals surface area contributed by atoms with E-state index in [1.807, 2.05) is 26.0 Å². The molecular weight excluding hydrogens is 254 g/mol. The van der Waals surface area contributed by atoms with Crippen molar-refractivity contribution in [3.8, 4) is 0 Å². The van der Waals surface area contributed by atoms with E-state index in [2.05, 4.69) is 4.72 Å². The molecule has 0 aliphatic carbocycles. The molecule has 0 spiro atoms. The first kappa shape index (κ1) is 13.0. The molecule has 0 radical (unpaired) electrons. The van der Waals surface area contributed by atoms with Crippen LogP contribution in [0, 0.1) is 6.92 Å². The van der Waals surface area contributed by atoms with E-state index in [-0.39, 0.29) is 17.7 Å². The Kier molecular flexibility index (Phi) is 4.58. The van der Waals surface area contributed by atoms with Gasteiger partial charge < -0.3 is 0 Å². The van der Waals surface area contributed by atoms with Gasteiger partial charge in [-0.1, -0.05) is 0 Å². The van der Waals surface area contributed by atoms with Crippen molar-refractivity contribution in [1.29, 1.82) is 0 Å². The number of aryl methyl sites for hydroxylation is 1. The maximum absolute atomic E-state index is 11.4. The number of hydrogen-bond donors (Lipinski definition) is 1. The maximum Gasteiger partial charge on any atom is 0.213 e. The molecule has 0 aliphatic rings. The molecule has 1 atom stereocenters. The maximum atomic E-state index is 11.4. The van der Waals surface area contributed by atoms with Gasteiger partial charge in [0.05, 0.1) is 11.8 Å². The van der Waals surface area contributed by atoms with Crippen LogP contribution >= 0.6 is 22.9 Å². The molecule has 1 heterocycles. The van der Waals surface area contributed by atoms with Crippen LogP contribution in [-0.4, -0.2) is 20.1 Å². The molecule has 0 aromatic carbocycles. The van der Waals surface area contributed by atoms with E-state index in [1.165, 1.54) is 4.88 Å². The fraction of sp³-hybridized carbons (Fsp3) is 0.556. The largest absolute Gasteiger partial charge is 0.213 e. The predicted octanol–water partition coefficient (Wildman–Crippen LogP) is 2.28. The quantitative estimate of drug-likeness (QED) is 0.832. The third-order valence-corrected chi connectivity index (χ3v) is 4.94. The normalized spacial score (nSPS) is 14.1. The lowest BCUT2D eigenvalue weighted by molar-refractivity contribution is 0.570. The summed E-state index contributed by atoms with van der Waals surface area (Å²) in [5.41, 5.74) is 0. The van der Waals surface area contributed by atoms with Crippen molar-refractivity contribution >= 4 is 33.0 Å².